The van der Waals surface area contributed by atoms with Gasteiger partial charge in [0.05, 0.1) is 22.1 Å². The number of aromatic nitrogens is 2. The van der Waals surface area contributed by atoms with E-state index in [0.717, 1.165) is 117 Å². The number of nitrogens with zero attached hydrogens (tertiary/aromatic N) is 4. The van der Waals surface area contributed by atoms with Crippen LogP contribution in [0.1, 0.15) is 0 Å². The quantitative estimate of drug-likeness (QED) is 0.102. The lowest BCUT2D eigenvalue weighted by Gasteiger charge is -2.26. The summed E-state index contributed by atoms with van der Waals surface area (Å²) in [7, 11) is 0. The molecule has 0 atom stereocenters. The second-order valence-electron chi connectivity index (χ2n) is 27.6. The van der Waals surface area contributed by atoms with Crippen LogP contribution in [0.15, 0.2) is 417 Å². The van der Waals surface area contributed by atoms with Crippen molar-refractivity contribution in [3.63, 3.8) is 0 Å². The first-order valence-corrected chi connectivity index (χ1v) is 36.6. The van der Waals surface area contributed by atoms with Gasteiger partial charge in [-0.05, 0) is 218 Å². The van der Waals surface area contributed by atoms with E-state index in [0.29, 0.717) is 0 Å². The van der Waals surface area contributed by atoms with Crippen molar-refractivity contribution >= 4 is 99.7 Å². The number of hydrogen-bond acceptors (Lipinski definition) is 3. The van der Waals surface area contributed by atoms with Gasteiger partial charge in [0.2, 0.25) is 0 Å². The topological polar surface area (TPSA) is 29.5 Å². The largest absolute Gasteiger partial charge is 0.455 e. The summed E-state index contributed by atoms with van der Waals surface area (Å²) in [6.07, 6.45) is 0. The van der Waals surface area contributed by atoms with Crippen LogP contribution in [0.3, 0.4) is 0 Å². The van der Waals surface area contributed by atoms with Crippen molar-refractivity contribution in [2.24, 2.45) is 0 Å². The molecule has 0 N–H and O–H groups in total. The summed E-state index contributed by atoms with van der Waals surface area (Å²) < 4.78 is 11.6. The molecule has 0 fully saturated rings. The van der Waals surface area contributed by atoms with Crippen LogP contribution in [0, 0.1) is 0 Å². The van der Waals surface area contributed by atoms with Crippen LogP contribution in [0.4, 0.5) is 34.1 Å². The molecular formula is C102H68N4O. The number of anilines is 6. The van der Waals surface area contributed by atoms with Gasteiger partial charge in [-0.1, -0.05) is 267 Å². The summed E-state index contributed by atoms with van der Waals surface area (Å²) in [5.74, 6) is 0. The molecule has 0 bridgehead atoms. The van der Waals surface area contributed by atoms with Crippen molar-refractivity contribution in [1.29, 1.82) is 0 Å². The van der Waals surface area contributed by atoms with Crippen LogP contribution in [-0.4, -0.2) is 9.13 Å². The third-order valence-corrected chi connectivity index (χ3v) is 21.3. The minimum atomic E-state index is 0.851. The van der Waals surface area contributed by atoms with Gasteiger partial charge in [-0.15, -0.1) is 0 Å². The van der Waals surface area contributed by atoms with E-state index in [-0.39, 0.29) is 0 Å². The summed E-state index contributed by atoms with van der Waals surface area (Å²) in [5, 5.41) is 7.03. The van der Waals surface area contributed by atoms with Gasteiger partial charge in [-0.25, -0.2) is 0 Å². The molecule has 17 aromatic carbocycles. The summed E-state index contributed by atoms with van der Waals surface area (Å²) in [5.41, 5.74) is 31.2. The Morgan fingerprint density at radius 2 is 0.477 bits per heavy atom. The molecule has 0 aliphatic rings. The number of para-hydroxylation sites is 5. The van der Waals surface area contributed by atoms with Crippen LogP contribution in [0.5, 0.6) is 0 Å². The fraction of sp³-hybridized carbons (Fsp3) is 0. The predicted octanol–water partition coefficient (Wildman–Crippen LogP) is 28.4. The lowest BCUT2D eigenvalue weighted by atomic mass is 9.97. The van der Waals surface area contributed by atoms with Crippen molar-refractivity contribution in [2.75, 3.05) is 9.80 Å². The molecule has 0 amide bonds. The molecule has 0 unspecified atom stereocenters. The standard InChI is InChI=1S/C102H68N4O/c1-5-19-69(20-6-1)71-35-37-72(38-36-71)74-41-53-87(54-42-74)104(89-61-63-100-95(68-89)92-30-14-16-34-98(92)106(100)83-27-11-4-12-28-83)88-59-47-77(48-60-88)90-31-18-32-93-96-67-81(50-64-101(96)107-102(90)93)79-24-17-23-78(65-79)75-43-55-85(56-44-75)103(84-51-39-73(40-52-84)70-21-7-2-8-22-70)86-57-45-76(46-58-86)80-49-62-99-94(66-80)91-29-13-15-33-97(91)105(99)82-25-9-3-10-26-82/h1-68H. The number of hydrogen-bond donors (Lipinski definition) is 0. The average molecular weight is 1370 g/mol. The second kappa shape index (κ2) is 26.5. The third kappa shape index (κ3) is 11.4. The highest BCUT2D eigenvalue weighted by molar-refractivity contribution is 6.13. The van der Waals surface area contributed by atoms with Gasteiger partial charge < -0.3 is 23.4 Å². The molecule has 0 saturated carbocycles. The molecule has 107 heavy (non-hydrogen) atoms. The predicted molar refractivity (Wildman–Crippen MR) is 450 cm³/mol. The van der Waals surface area contributed by atoms with Gasteiger partial charge >= 0.3 is 0 Å². The Kier molecular flexibility index (Phi) is 15.5. The van der Waals surface area contributed by atoms with Gasteiger partial charge in [0.25, 0.3) is 0 Å². The molecule has 20 aromatic rings. The Labute approximate surface area is 620 Å². The highest BCUT2D eigenvalue weighted by atomic mass is 16.3. The van der Waals surface area contributed by atoms with E-state index in [9.17, 15) is 0 Å². The molecule has 0 aliphatic carbocycles. The minimum absolute atomic E-state index is 0.851. The fourth-order valence-electron chi connectivity index (χ4n) is 16.1. The van der Waals surface area contributed by atoms with Crippen molar-refractivity contribution in [1.82, 2.24) is 9.13 Å². The maximum atomic E-state index is 6.89. The Morgan fingerprint density at radius 3 is 0.972 bits per heavy atom. The lowest BCUT2D eigenvalue weighted by Crippen LogP contribution is -2.10. The molecule has 3 heterocycles. The highest BCUT2D eigenvalue weighted by Gasteiger charge is 2.22. The van der Waals surface area contributed by atoms with Crippen molar-refractivity contribution in [2.45, 2.75) is 0 Å². The Balaban J connectivity index is 0.600. The minimum Gasteiger partial charge on any atom is -0.455 e. The normalized spacial score (nSPS) is 11.6. The SMILES string of the molecule is c1ccc(-c2ccc(-c3ccc(N(c4ccc(-c5cccc6c5oc5ccc(-c7cccc(-c8ccc(N(c9ccc(-c%10ccccc%10)cc9)c9ccc(-c%10ccc%11c(c%10)c%10ccccc%10n%11-c%10ccccc%10)cc9)cc8)c7)cc56)cc4)c4ccc5c(c4)c4ccccc4n5-c4ccccc4)cc3)cc2)cc1. The first-order valence-electron chi connectivity index (χ1n) is 36.6. The zero-order chi connectivity index (χ0) is 70.7. The highest BCUT2D eigenvalue weighted by Crippen LogP contribution is 2.45. The number of rotatable bonds is 15. The molecule has 0 radical (unpaired) electrons. The monoisotopic (exact) mass is 1360 g/mol. The van der Waals surface area contributed by atoms with Gasteiger partial charge in [0.15, 0.2) is 0 Å². The van der Waals surface area contributed by atoms with Gasteiger partial charge in [-0.2, -0.15) is 0 Å². The van der Waals surface area contributed by atoms with E-state index in [2.05, 4.69) is 431 Å². The van der Waals surface area contributed by atoms with Crippen LogP contribution in [0.25, 0.3) is 155 Å². The van der Waals surface area contributed by atoms with E-state index < -0.39 is 0 Å². The van der Waals surface area contributed by atoms with E-state index in [1.807, 2.05) is 0 Å². The third-order valence-electron chi connectivity index (χ3n) is 21.3. The fourth-order valence-corrected chi connectivity index (χ4v) is 16.1. The number of fused-ring (bicyclic) bond motifs is 9. The molecule has 0 aliphatic heterocycles. The lowest BCUT2D eigenvalue weighted by molar-refractivity contribution is 0.670. The molecule has 502 valence electrons. The summed E-state index contributed by atoms with van der Waals surface area (Å²) in [4.78, 5) is 4.74. The molecule has 0 spiro atoms. The first kappa shape index (κ1) is 62.5. The summed E-state index contributed by atoms with van der Waals surface area (Å²) in [6.45, 7) is 0. The Hall–Kier alpha value is -14.3. The van der Waals surface area contributed by atoms with Crippen molar-refractivity contribution < 1.29 is 4.42 Å². The van der Waals surface area contributed by atoms with Gasteiger partial charge in [-0.3, -0.25) is 0 Å². The zero-order valence-electron chi connectivity index (χ0n) is 58.5. The maximum Gasteiger partial charge on any atom is 0.143 e. The molecule has 20 rings (SSSR count). The number of benzene rings is 17. The Bertz CT molecular complexity index is 6660. The first-order chi connectivity index (χ1) is 53.0. The molecule has 5 heteroatoms. The van der Waals surface area contributed by atoms with E-state index in [1.54, 1.807) is 0 Å². The zero-order valence-corrected chi connectivity index (χ0v) is 58.5. The van der Waals surface area contributed by atoms with E-state index in [1.165, 1.54) is 71.5 Å². The summed E-state index contributed by atoms with van der Waals surface area (Å²) >= 11 is 0. The Morgan fingerprint density at radius 1 is 0.178 bits per heavy atom. The van der Waals surface area contributed by atoms with Crippen LogP contribution < -0.4 is 9.80 Å². The molecular weight excluding hydrogens is 1300 g/mol. The molecule has 3 aromatic heterocycles. The van der Waals surface area contributed by atoms with Gasteiger partial charge in [0, 0.05) is 83.4 Å². The van der Waals surface area contributed by atoms with Crippen LogP contribution in [-0.2, 0) is 0 Å². The summed E-state index contributed by atoms with van der Waals surface area (Å²) in [6, 6.07) is 150. The van der Waals surface area contributed by atoms with Crippen molar-refractivity contribution in [3.05, 3.63) is 413 Å². The van der Waals surface area contributed by atoms with Crippen LogP contribution >= 0.6 is 0 Å². The average Bonchev–Trinajstić information content (AvgIpc) is 1.61. The number of furan rings is 1. The molecule has 5 nitrogen and oxygen atoms in total. The molecule has 0 saturated heterocycles. The smallest absolute Gasteiger partial charge is 0.143 e. The second-order valence-corrected chi connectivity index (χ2v) is 27.6. The van der Waals surface area contributed by atoms with Crippen molar-refractivity contribution in [3.8, 4) is 89.3 Å². The van der Waals surface area contributed by atoms with E-state index >= 15 is 0 Å². The van der Waals surface area contributed by atoms with Gasteiger partial charge in [0.1, 0.15) is 11.2 Å². The maximum absolute atomic E-state index is 6.89. The van der Waals surface area contributed by atoms with E-state index in [4.69, 9.17) is 4.42 Å². The van der Waals surface area contributed by atoms with Crippen LogP contribution in [0.2, 0.25) is 0 Å².